The molecule has 9 nitrogen and oxygen atoms in total. The minimum atomic E-state index is -2.06. The fourth-order valence-corrected chi connectivity index (χ4v) is 11.8. The first-order chi connectivity index (χ1) is 27.5. The molecule has 0 spiro atoms. The third-order valence-corrected chi connectivity index (χ3v) is 15.1. The van der Waals surface area contributed by atoms with E-state index in [-0.39, 0.29) is 48.6 Å². The number of Topliss-reactive ketones (excluding diaryl/α,β-unsaturated/α-hetero) is 2. The van der Waals surface area contributed by atoms with Crippen LogP contribution < -0.4 is 0 Å². The molecule has 0 bridgehead atoms. The second-order valence-corrected chi connectivity index (χ2v) is 20.2. The molecule has 0 aliphatic heterocycles. The van der Waals surface area contributed by atoms with Crippen LogP contribution >= 0.6 is 0 Å². The molecule has 0 heterocycles. The Kier molecular flexibility index (Phi) is 15.8. The fraction of sp³-hybridized carbons (Fsp3) is 0.740. The second-order valence-electron chi connectivity index (χ2n) is 20.2. The molecule has 0 radical (unpaired) electrons. The van der Waals surface area contributed by atoms with Crippen molar-refractivity contribution in [1.29, 1.82) is 0 Å². The number of hydrogen-bond donors (Lipinski definition) is 2. The van der Waals surface area contributed by atoms with Crippen LogP contribution in [0.25, 0.3) is 0 Å². The summed E-state index contributed by atoms with van der Waals surface area (Å²) in [5.41, 5.74) is -5.78. The Morgan fingerprint density at radius 2 is 1.49 bits per heavy atom. The first-order valence-corrected chi connectivity index (χ1v) is 22.6. The maximum absolute atomic E-state index is 14.9. The van der Waals surface area contributed by atoms with Crippen LogP contribution in [-0.2, 0) is 33.4 Å². The number of unbranched alkanes of at least 4 members (excludes halogenated alkanes) is 8. The number of fused-ring (bicyclic) bond motifs is 5. The van der Waals surface area contributed by atoms with Gasteiger partial charge in [-0.05, 0) is 127 Å². The van der Waals surface area contributed by atoms with E-state index in [1.807, 2.05) is 27.7 Å². The number of aliphatic hydroxyl groups excluding tert-OH is 1. The van der Waals surface area contributed by atoms with Crippen molar-refractivity contribution in [2.24, 2.45) is 39.4 Å². The van der Waals surface area contributed by atoms with Gasteiger partial charge in [0.2, 0.25) is 0 Å². The molecule has 0 aromatic heterocycles. The lowest BCUT2D eigenvalue weighted by molar-refractivity contribution is -0.185. The predicted molar refractivity (Wildman–Crippen MR) is 231 cm³/mol. The SMILES string of the molecule is CCCCC/C=C\C/C=C\CCCCCCCC(=O)O[C@@H]1C[C@@]2(C)[C@@H]3CC=C4[C@@H](C[C@H](O)C(=O)C4(C)C)[C@]3(C)C(=O)C[C@]2(C)[C@H]1[C@@](C)(O)C(=O)/C=C/C(C)(C)OC(C)=O. The number of ketones is 3. The van der Waals surface area contributed by atoms with Crippen molar-refractivity contribution in [3.63, 3.8) is 0 Å². The van der Waals surface area contributed by atoms with Crippen molar-refractivity contribution in [3.8, 4) is 0 Å². The highest BCUT2D eigenvalue weighted by Gasteiger charge is 2.75. The van der Waals surface area contributed by atoms with Crippen LogP contribution in [0.2, 0.25) is 0 Å². The number of allylic oxidation sites excluding steroid dienone is 6. The van der Waals surface area contributed by atoms with Crippen LogP contribution in [0.5, 0.6) is 0 Å². The van der Waals surface area contributed by atoms with E-state index in [2.05, 4.69) is 44.2 Å². The van der Waals surface area contributed by atoms with Gasteiger partial charge in [-0.15, -0.1) is 0 Å². The van der Waals surface area contributed by atoms with Gasteiger partial charge in [0.15, 0.2) is 11.6 Å². The van der Waals surface area contributed by atoms with E-state index in [0.29, 0.717) is 19.3 Å². The molecule has 9 atom stereocenters. The van der Waals surface area contributed by atoms with E-state index in [9.17, 15) is 34.2 Å². The second kappa shape index (κ2) is 19.3. The monoisotopic (exact) mass is 821 g/mol. The number of hydrogen-bond acceptors (Lipinski definition) is 9. The number of ether oxygens (including phenoxy) is 2. The Morgan fingerprint density at radius 1 is 0.881 bits per heavy atom. The van der Waals surface area contributed by atoms with Crippen molar-refractivity contribution in [2.75, 3.05) is 0 Å². The topological polar surface area (TPSA) is 144 Å². The van der Waals surface area contributed by atoms with Gasteiger partial charge in [0.25, 0.3) is 0 Å². The van der Waals surface area contributed by atoms with Gasteiger partial charge >= 0.3 is 11.9 Å². The summed E-state index contributed by atoms with van der Waals surface area (Å²) < 4.78 is 11.7. The van der Waals surface area contributed by atoms with Gasteiger partial charge < -0.3 is 19.7 Å². The van der Waals surface area contributed by atoms with Crippen LogP contribution in [-0.4, -0.2) is 62.9 Å². The van der Waals surface area contributed by atoms with Gasteiger partial charge in [-0.3, -0.25) is 24.0 Å². The van der Waals surface area contributed by atoms with E-state index in [1.54, 1.807) is 13.8 Å². The van der Waals surface area contributed by atoms with Gasteiger partial charge in [-0.2, -0.15) is 0 Å². The molecule has 2 N–H and O–H groups in total. The molecule has 4 rings (SSSR count). The van der Waals surface area contributed by atoms with Crippen LogP contribution in [0.3, 0.4) is 0 Å². The minimum absolute atomic E-state index is 0.0283. The van der Waals surface area contributed by atoms with E-state index in [1.165, 1.54) is 45.3 Å². The van der Waals surface area contributed by atoms with Crippen LogP contribution in [0.4, 0.5) is 0 Å². The highest BCUT2D eigenvalue weighted by Crippen LogP contribution is 2.74. The Hall–Kier alpha value is -3.17. The molecule has 0 saturated heterocycles. The Balaban J connectivity index is 1.52. The summed E-state index contributed by atoms with van der Waals surface area (Å²) in [5.74, 6) is -3.37. The Morgan fingerprint density at radius 3 is 2.12 bits per heavy atom. The largest absolute Gasteiger partial charge is 0.462 e. The normalized spacial score (nSPS) is 32.7. The molecule has 9 heteroatoms. The van der Waals surface area contributed by atoms with Gasteiger partial charge in [0, 0.05) is 36.5 Å². The van der Waals surface area contributed by atoms with E-state index in [0.717, 1.165) is 50.5 Å². The summed E-state index contributed by atoms with van der Waals surface area (Å²) in [4.78, 5) is 67.6. The molecule has 4 aliphatic rings. The lowest BCUT2D eigenvalue weighted by atomic mass is 9.38. The Bertz CT molecular complexity index is 1680. The third kappa shape index (κ3) is 10.1. The lowest BCUT2D eigenvalue weighted by Gasteiger charge is -2.64. The molecule has 0 amide bonds. The van der Waals surface area contributed by atoms with Crippen molar-refractivity contribution < 1.29 is 43.7 Å². The molecule has 0 aromatic rings. The van der Waals surface area contributed by atoms with Crippen molar-refractivity contribution in [2.45, 2.75) is 195 Å². The summed E-state index contributed by atoms with van der Waals surface area (Å²) in [6.45, 7) is 17.9. The maximum Gasteiger partial charge on any atom is 0.306 e. The van der Waals surface area contributed by atoms with Crippen molar-refractivity contribution in [1.82, 2.24) is 0 Å². The number of rotatable bonds is 20. The van der Waals surface area contributed by atoms with Gasteiger partial charge in [0.1, 0.15) is 29.2 Å². The fourth-order valence-electron chi connectivity index (χ4n) is 11.8. The summed E-state index contributed by atoms with van der Waals surface area (Å²) in [5, 5.41) is 23.4. The summed E-state index contributed by atoms with van der Waals surface area (Å²) in [7, 11) is 0. The van der Waals surface area contributed by atoms with Crippen molar-refractivity contribution >= 4 is 29.3 Å². The molecular weight excluding hydrogens is 745 g/mol. The molecule has 3 saturated carbocycles. The summed E-state index contributed by atoms with van der Waals surface area (Å²) in [6, 6.07) is 0. The van der Waals surface area contributed by atoms with E-state index in [4.69, 9.17) is 9.47 Å². The average molecular weight is 821 g/mol. The standard InChI is InChI=1S/C50H76O9/c1-11-12-13-14-15-16-17-18-19-20-21-22-23-24-25-26-42(55)58-38-32-47(7)39-28-27-35-36(31-37(52)44(56)46(35,5)6)49(39,9)41(54)33-48(47,8)43(38)50(10,57)40(53)29-30-45(3,4)59-34(2)51/h15-16,18-19,27,29-30,36-39,43,52,57H,11-14,17,20-26,28,31-33H2,1-10H3/b16-15-,19-18-,30-29+/t36-,37+,38-,39+,43+,47+,48-,49+,50+/m1/s1. The summed E-state index contributed by atoms with van der Waals surface area (Å²) in [6.07, 6.45) is 24.6. The van der Waals surface area contributed by atoms with E-state index >= 15 is 0 Å². The molecule has 0 aromatic carbocycles. The summed E-state index contributed by atoms with van der Waals surface area (Å²) >= 11 is 0. The Labute approximate surface area is 354 Å². The van der Waals surface area contributed by atoms with Crippen LogP contribution in [0.15, 0.2) is 48.1 Å². The molecule has 59 heavy (non-hydrogen) atoms. The number of carbonyl (C=O) groups is 5. The predicted octanol–water partition coefficient (Wildman–Crippen LogP) is 9.86. The molecule has 3 fully saturated rings. The molecule has 4 aliphatic carbocycles. The van der Waals surface area contributed by atoms with E-state index < -0.39 is 62.7 Å². The first kappa shape index (κ1) is 48.5. The maximum atomic E-state index is 14.9. The smallest absolute Gasteiger partial charge is 0.306 e. The van der Waals surface area contributed by atoms with Crippen LogP contribution in [0.1, 0.15) is 172 Å². The van der Waals surface area contributed by atoms with Gasteiger partial charge in [-0.25, -0.2) is 0 Å². The van der Waals surface area contributed by atoms with Crippen molar-refractivity contribution in [3.05, 3.63) is 48.1 Å². The zero-order valence-electron chi connectivity index (χ0n) is 38.0. The average Bonchev–Trinajstić information content (AvgIpc) is 3.36. The van der Waals surface area contributed by atoms with Crippen LogP contribution in [0, 0.1) is 39.4 Å². The molecule has 0 unspecified atom stereocenters. The van der Waals surface area contributed by atoms with Gasteiger partial charge in [0.05, 0.1) is 0 Å². The lowest BCUT2D eigenvalue weighted by Crippen LogP contribution is -2.65. The number of carbonyl (C=O) groups excluding carboxylic acids is 5. The number of esters is 2. The molecule has 330 valence electrons. The molecular formula is C50H76O9. The minimum Gasteiger partial charge on any atom is -0.462 e. The first-order valence-electron chi connectivity index (χ1n) is 22.6. The zero-order valence-corrected chi connectivity index (χ0v) is 38.0. The number of aliphatic hydroxyl groups is 2. The highest BCUT2D eigenvalue weighted by molar-refractivity contribution is 5.98. The third-order valence-electron chi connectivity index (χ3n) is 15.1. The quantitative estimate of drug-likeness (QED) is 0.0531. The highest BCUT2D eigenvalue weighted by atomic mass is 16.6. The van der Waals surface area contributed by atoms with Gasteiger partial charge in [-0.1, -0.05) is 95.8 Å². The zero-order chi connectivity index (χ0) is 44.0.